The van der Waals surface area contributed by atoms with Crippen LogP contribution in [0.3, 0.4) is 0 Å². The van der Waals surface area contributed by atoms with Crippen molar-refractivity contribution in [1.29, 1.82) is 0 Å². The third-order valence-electron chi connectivity index (χ3n) is 5.50. The summed E-state index contributed by atoms with van der Waals surface area (Å²) in [6.07, 6.45) is 4.56. The Hall–Kier alpha value is -0.0800. The molecule has 2 heteroatoms. The van der Waals surface area contributed by atoms with Gasteiger partial charge in [0.1, 0.15) is 0 Å². The van der Waals surface area contributed by atoms with E-state index >= 15 is 0 Å². The summed E-state index contributed by atoms with van der Waals surface area (Å²) in [6.45, 7) is 15.6. The third-order valence-corrected chi connectivity index (χ3v) is 5.50. The van der Waals surface area contributed by atoms with Gasteiger partial charge in [0.15, 0.2) is 0 Å². The molecule has 0 bridgehead atoms. The lowest BCUT2D eigenvalue weighted by atomic mass is 9.69. The van der Waals surface area contributed by atoms with Gasteiger partial charge in [-0.15, -0.1) is 0 Å². The molecule has 19 heavy (non-hydrogen) atoms. The quantitative estimate of drug-likeness (QED) is 0.790. The van der Waals surface area contributed by atoms with Gasteiger partial charge in [0.25, 0.3) is 0 Å². The minimum Gasteiger partial charge on any atom is -0.391 e. The SMILES string of the molecule is CCN(CC)C(C)(CC)C(O)C1CC(C)CC(C)C1. The zero-order valence-electron chi connectivity index (χ0n) is 13.9. The summed E-state index contributed by atoms with van der Waals surface area (Å²) in [6, 6.07) is 0. The minimum absolute atomic E-state index is 0.0645. The topological polar surface area (TPSA) is 23.5 Å². The molecule has 0 spiro atoms. The van der Waals surface area contributed by atoms with Crippen LogP contribution in [0.4, 0.5) is 0 Å². The fraction of sp³-hybridized carbons (Fsp3) is 1.00. The highest BCUT2D eigenvalue weighted by Gasteiger charge is 2.42. The van der Waals surface area contributed by atoms with Crippen LogP contribution in [0, 0.1) is 17.8 Å². The van der Waals surface area contributed by atoms with Gasteiger partial charge in [-0.25, -0.2) is 0 Å². The van der Waals surface area contributed by atoms with E-state index in [1.807, 2.05) is 0 Å². The van der Waals surface area contributed by atoms with Crippen molar-refractivity contribution in [3.63, 3.8) is 0 Å². The predicted molar refractivity (Wildman–Crippen MR) is 83.3 cm³/mol. The normalized spacial score (nSPS) is 33.2. The predicted octanol–water partition coefficient (Wildman–Crippen LogP) is 3.93. The van der Waals surface area contributed by atoms with Gasteiger partial charge < -0.3 is 5.11 Å². The molecule has 1 saturated carbocycles. The third kappa shape index (κ3) is 3.72. The molecule has 0 aromatic rings. The minimum atomic E-state index is -0.192. The molecule has 4 atom stereocenters. The second-order valence-electron chi connectivity index (χ2n) is 7.01. The first kappa shape index (κ1) is 17.0. The van der Waals surface area contributed by atoms with Gasteiger partial charge in [-0.2, -0.15) is 0 Å². The van der Waals surface area contributed by atoms with Crippen LogP contribution in [0.25, 0.3) is 0 Å². The Bertz CT molecular complexity index is 254. The number of likely N-dealkylation sites (N-methyl/N-ethyl adjacent to an activating group) is 1. The largest absolute Gasteiger partial charge is 0.391 e. The molecular formula is C17H35NO. The highest BCUT2D eigenvalue weighted by Crippen LogP contribution is 2.39. The van der Waals surface area contributed by atoms with E-state index in [-0.39, 0.29) is 11.6 Å². The van der Waals surface area contributed by atoms with E-state index < -0.39 is 0 Å². The van der Waals surface area contributed by atoms with Crippen molar-refractivity contribution in [3.8, 4) is 0 Å². The molecule has 114 valence electrons. The zero-order chi connectivity index (χ0) is 14.6. The molecule has 0 aliphatic heterocycles. The molecule has 0 radical (unpaired) electrons. The molecule has 0 aromatic carbocycles. The van der Waals surface area contributed by atoms with Crippen LogP contribution in [-0.4, -0.2) is 34.7 Å². The second-order valence-corrected chi connectivity index (χ2v) is 7.01. The number of nitrogens with zero attached hydrogens (tertiary/aromatic N) is 1. The van der Waals surface area contributed by atoms with Crippen LogP contribution in [0.15, 0.2) is 0 Å². The molecule has 0 saturated heterocycles. The first-order valence-corrected chi connectivity index (χ1v) is 8.32. The van der Waals surface area contributed by atoms with E-state index in [2.05, 4.69) is 46.4 Å². The van der Waals surface area contributed by atoms with Crippen LogP contribution in [0.5, 0.6) is 0 Å². The molecule has 2 nitrogen and oxygen atoms in total. The fourth-order valence-corrected chi connectivity index (χ4v) is 4.34. The smallest absolute Gasteiger partial charge is 0.0749 e. The molecular weight excluding hydrogens is 234 g/mol. The van der Waals surface area contributed by atoms with E-state index in [9.17, 15) is 5.11 Å². The summed E-state index contributed by atoms with van der Waals surface area (Å²) in [5, 5.41) is 11.0. The lowest BCUT2D eigenvalue weighted by molar-refractivity contribution is -0.0679. The standard InChI is InChI=1S/C17H35NO/c1-7-17(6,18(8-2)9-3)16(19)15-11-13(4)10-14(5)12-15/h13-16,19H,7-12H2,1-6H3. The average Bonchev–Trinajstić information content (AvgIpc) is 2.37. The van der Waals surface area contributed by atoms with E-state index in [0.717, 1.165) is 31.3 Å². The summed E-state index contributed by atoms with van der Waals surface area (Å²) >= 11 is 0. The Morgan fingerprint density at radius 2 is 1.53 bits per heavy atom. The maximum Gasteiger partial charge on any atom is 0.0749 e. The summed E-state index contributed by atoms with van der Waals surface area (Å²) < 4.78 is 0. The Balaban J connectivity index is 2.84. The lowest BCUT2D eigenvalue weighted by Crippen LogP contribution is -2.57. The monoisotopic (exact) mass is 269 g/mol. The Kier molecular flexibility index (Phi) is 6.32. The van der Waals surface area contributed by atoms with Crippen LogP contribution in [-0.2, 0) is 0 Å². The number of rotatable bonds is 6. The molecule has 1 aliphatic rings. The Morgan fingerprint density at radius 1 is 1.05 bits per heavy atom. The molecule has 4 unspecified atom stereocenters. The van der Waals surface area contributed by atoms with Crippen LogP contribution < -0.4 is 0 Å². The highest BCUT2D eigenvalue weighted by molar-refractivity contribution is 4.96. The zero-order valence-corrected chi connectivity index (χ0v) is 13.9. The molecule has 0 heterocycles. The van der Waals surface area contributed by atoms with Gasteiger partial charge in [-0.1, -0.05) is 34.6 Å². The van der Waals surface area contributed by atoms with Crippen molar-refractivity contribution in [1.82, 2.24) is 4.90 Å². The van der Waals surface area contributed by atoms with E-state index in [1.165, 1.54) is 19.3 Å². The Morgan fingerprint density at radius 3 is 1.89 bits per heavy atom. The molecule has 0 aromatic heterocycles. The van der Waals surface area contributed by atoms with Gasteiger partial charge in [0.05, 0.1) is 6.10 Å². The maximum atomic E-state index is 11.0. The molecule has 0 amide bonds. The first-order valence-electron chi connectivity index (χ1n) is 8.32. The summed E-state index contributed by atoms with van der Waals surface area (Å²) in [7, 11) is 0. The number of hydrogen-bond donors (Lipinski definition) is 1. The van der Waals surface area contributed by atoms with Crippen molar-refractivity contribution in [2.75, 3.05) is 13.1 Å². The average molecular weight is 269 g/mol. The fourth-order valence-electron chi connectivity index (χ4n) is 4.34. The van der Waals surface area contributed by atoms with E-state index in [4.69, 9.17) is 0 Å². The summed E-state index contributed by atoms with van der Waals surface area (Å²) in [5.41, 5.74) is -0.0645. The van der Waals surface area contributed by atoms with E-state index in [0.29, 0.717) is 5.92 Å². The summed E-state index contributed by atoms with van der Waals surface area (Å²) in [5.74, 6) is 2.01. The summed E-state index contributed by atoms with van der Waals surface area (Å²) in [4.78, 5) is 2.45. The van der Waals surface area contributed by atoms with Gasteiger partial charge >= 0.3 is 0 Å². The molecule has 1 rings (SSSR count). The second kappa shape index (κ2) is 7.08. The van der Waals surface area contributed by atoms with Crippen LogP contribution in [0.1, 0.15) is 67.2 Å². The van der Waals surface area contributed by atoms with Gasteiger partial charge in [-0.3, -0.25) is 4.90 Å². The van der Waals surface area contributed by atoms with Crippen molar-refractivity contribution < 1.29 is 5.11 Å². The van der Waals surface area contributed by atoms with Gasteiger partial charge in [-0.05, 0) is 63.5 Å². The number of aliphatic hydroxyl groups is 1. The van der Waals surface area contributed by atoms with Crippen molar-refractivity contribution in [2.24, 2.45) is 17.8 Å². The van der Waals surface area contributed by atoms with Crippen LogP contribution >= 0.6 is 0 Å². The first-order chi connectivity index (χ1) is 8.88. The van der Waals surface area contributed by atoms with Crippen molar-refractivity contribution >= 4 is 0 Å². The molecule has 1 fully saturated rings. The Labute approximate surface area is 120 Å². The van der Waals surface area contributed by atoms with Crippen LogP contribution in [0.2, 0.25) is 0 Å². The van der Waals surface area contributed by atoms with E-state index in [1.54, 1.807) is 0 Å². The molecule has 1 aliphatic carbocycles. The molecule has 1 N–H and O–H groups in total. The number of aliphatic hydroxyl groups excluding tert-OH is 1. The van der Waals surface area contributed by atoms with Crippen molar-refractivity contribution in [3.05, 3.63) is 0 Å². The lowest BCUT2D eigenvalue weighted by Gasteiger charge is -2.48. The maximum absolute atomic E-state index is 11.0. The van der Waals surface area contributed by atoms with Gasteiger partial charge in [0, 0.05) is 5.54 Å². The van der Waals surface area contributed by atoms with Crippen molar-refractivity contribution in [2.45, 2.75) is 78.9 Å². The number of hydrogen-bond acceptors (Lipinski definition) is 2. The van der Waals surface area contributed by atoms with Gasteiger partial charge in [0.2, 0.25) is 0 Å². The highest BCUT2D eigenvalue weighted by atomic mass is 16.3.